The quantitative estimate of drug-likeness (QED) is 0.276. The van der Waals surface area contributed by atoms with Crippen molar-refractivity contribution in [1.29, 1.82) is 0 Å². The van der Waals surface area contributed by atoms with Gasteiger partial charge in [-0.15, -0.1) is 11.8 Å². The Morgan fingerprint density at radius 3 is 2.45 bits per heavy atom. The molecule has 0 atom stereocenters. The van der Waals surface area contributed by atoms with Gasteiger partial charge in [-0.05, 0) is 49.2 Å². The molecule has 0 saturated heterocycles. The van der Waals surface area contributed by atoms with Crippen LogP contribution < -0.4 is 4.74 Å². The van der Waals surface area contributed by atoms with E-state index in [0.717, 1.165) is 32.9 Å². The summed E-state index contributed by atoms with van der Waals surface area (Å²) in [5.74, 6) is 0.652. The SMILES string of the molecule is CCOC(=O)CCc1c(SC(C)(C)C)c2cc(OC)ccc2n1Cc1ccc(Cl)cc1. The van der Waals surface area contributed by atoms with Crippen LogP contribution in [0.15, 0.2) is 47.4 Å². The molecule has 31 heavy (non-hydrogen) atoms. The maximum atomic E-state index is 12.2. The Morgan fingerprint density at radius 1 is 1.13 bits per heavy atom. The number of hydrogen-bond donors (Lipinski definition) is 0. The van der Waals surface area contributed by atoms with Gasteiger partial charge in [-0.1, -0.05) is 44.5 Å². The van der Waals surface area contributed by atoms with Gasteiger partial charge in [0.05, 0.1) is 20.1 Å². The fourth-order valence-electron chi connectivity index (χ4n) is 3.56. The molecule has 2 aromatic carbocycles. The smallest absolute Gasteiger partial charge is 0.306 e. The first-order valence-corrected chi connectivity index (χ1v) is 11.7. The Hall–Kier alpha value is -2.11. The van der Waals surface area contributed by atoms with Gasteiger partial charge in [0.2, 0.25) is 0 Å². The van der Waals surface area contributed by atoms with Gasteiger partial charge in [0.1, 0.15) is 5.75 Å². The van der Waals surface area contributed by atoms with E-state index in [1.54, 1.807) is 7.11 Å². The predicted molar refractivity (Wildman–Crippen MR) is 130 cm³/mol. The summed E-state index contributed by atoms with van der Waals surface area (Å²) in [6, 6.07) is 14.1. The van der Waals surface area contributed by atoms with Crippen LogP contribution in [-0.2, 0) is 22.5 Å². The molecule has 3 rings (SSSR count). The Morgan fingerprint density at radius 2 is 1.84 bits per heavy atom. The lowest BCUT2D eigenvalue weighted by atomic mass is 10.2. The van der Waals surface area contributed by atoms with Gasteiger partial charge >= 0.3 is 5.97 Å². The third-order valence-corrected chi connectivity index (χ3v) is 6.38. The highest BCUT2D eigenvalue weighted by atomic mass is 35.5. The van der Waals surface area contributed by atoms with Gasteiger partial charge in [-0.25, -0.2) is 0 Å². The number of rotatable bonds is 8. The zero-order chi connectivity index (χ0) is 22.6. The van der Waals surface area contributed by atoms with Crippen LogP contribution in [0.3, 0.4) is 0 Å². The van der Waals surface area contributed by atoms with E-state index in [-0.39, 0.29) is 10.7 Å². The molecule has 0 unspecified atom stereocenters. The second-order valence-corrected chi connectivity index (χ2v) is 10.7. The van der Waals surface area contributed by atoms with Crippen LogP contribution in [0.2, 0.25) is 5.02 Å². The highest BCUT2D eigenvalue weighted by Gasteiger charge is 2.24. The Labute approximate surface area is 193 Å². The lowest BCUT2D eigenvalue weighted by Gasteiger charge is -2.19. The van der Waals surface area contributed by atoms with E-state index in [2.05, 4.69) is 37.5 Å². The number of hydrogen-bond acceptors (Lipinski definition) is 4. The largest absolute Gasteiger partial charge is 0.497 e. The normalized spacial score (nSPS) is 11.7. The molecule has 1 heterocycles. The summed E-state index contributed by atoms with van der Waals surface area (Å²) < 4.78 is 13.0. The van der Waals surface area contributed by atoms with Crippen molar-refractivity contribution in [2.24, 2.45) is 0 Å². The number of benzene rings is 2. The van der Waals surface area contributed by atoms with Crippen molar-refractivity contribution in [3.8, 4) is 5.75 Å². The third-order valence-electron chi connectivity index (χ3n) is 4.86. The number of halogens is 1. The molecule has 3 aromatic rings. The first-order valence-electron chi connectivity index (χ1n) is 10.5. The van der Waals surface area contributed by atoms with Crippen molar-refractivity contribution >= 4 is 40.2 Å². The van der Waals surface area contributed by atoms with Crippen molar-refractivity contribution in [2.75, 3.05) is 13.7 Å². The van der Waals surface area contributed by atoms with Crippen molar-refractivity contribution in [1.82, 2.24) is 4.57 Å². The van der Waals surface area contributed by atoms with Gasteiger partial charge in [-0.3, -0.25) is 4.79 Å². The maximum Gasteiger partial charge on any atom is 0.306 e. The van der Waals surface area contributed by atoms with Crippen LogP contribution in [0.25, 0.3) is 10.9 Å². The monoisotopic (exact) mass is 459 g/mol. The Balaban J connectivity index is 2.15. The highest BCUT2D eigenvalue weighted by molar-refractivity contribution is 8.00. The summed E-state index contributed by atoms with van der Waals surface area (Å²) in [4.78, 5) is 13.4. The highest BCUT2D eigenvalue weighted by Crippen LogP contribution is 2.42. The average Bonchev–Trinajstić information content (AvgIpc) is 2.98. The minimum absolute atomic E-state index is 0.0150. The van der Waals surface area contributed by atoms with E-state index in [0.29, 0.717) is 26.0 Å². The van der Waals surface area contributed by atoms with Crippen LogP contribution in [0.1, 0.15) is 45.4 Å². The summed E-state index contributed by atoms with van der Waals surface area (Å²) in [7, 11) is 1.68. The number of fused-ring (bicyclic) bond motifs is 1. The topological polar surface area (TPSA) is 40.5 Å². The standard InChI is InChI=1S/C25H30ClNO3S/c1-6-30-23(28)14-13-22-24(31-25(2,3)4)20-15-19(29-5)11-12-21(20)27(22)16-17-7-9-18(26)10-8-17/h7-12,15H,6,13-14,16H2,1-5H3. The number of thioether (sulfide) groups is 1. The number of esters is 1. The van der Waals surface area contributed by atoms with E-state index < -0.39 is 0 Å². The molecule has 0 N–H and O–H groups in total. The second-order valence-electron chi connectivity index (χ2n) is 8.39. The lowest BCUT2D eigenvalue weighted by Crippen LogP contribution is -2.12. The van der Waals surface area contributed by atoms with Crippen molar-refractivity contribution in [3.05, 3.63) is 58.7 Å². The van der Waals surface area contributed by atoms with Crippen LogP contribution >= 0.6 is 23.4 Å². The Kier molecular flexibility index (Phi) is 7.60. The molecule has 4 nitrogen and oxygen atoms in total. The number of methoxy groups -OCH3 is 1. The molecule has 1 aromatic heterocycles. The fourth-order valence-corrected chi connectivity index (χ4v) is 4.90. The van der Waals surface area contributed by atoms with Crippen LogP contribution in [-0.4, -0.2) is 29.0 Å². The van der Waals surface area contributed by atoms with Gasteiger partial charge in [0.15, 0.2) is 0 Å². The van der Waals surface area contributed by atoms with Gasteiger partial charge in [0.25, 0.3) is 0 Å². The van der Waals surface area contributed by atoms with E-state index in [1.807, 2.05) is 49.0 Å². The molecule has 0 bridgehead atoms. The van der Waals surface area contributed by atoms with Crippen molar-refractivity contribution < 1.29 is 14.3 Å². The molecular formula is C25H30ClNO3S. The minimum Gasteiger partial charge on any atom is -0.497 e. The number of aromatic nitrogens is 1. The number of carbonyl (C=O) groups excluding carboxylic acids is 1. The summed E-state index contributed by atoms with van der Waals surface area (Å²) >= 11 is 7.92. The average molecular weight is 460 g/mol. The summed E-state index contributed by atoms with van der Waals surface area (Å²) in [6.45, 7) is 9.54. The van der Waals surface area contributed by atoms with Crippen molar-refractivity contribution in [2.45, 2.75) is 56.7 Å². The number of carbonyl (C=O) groups is 1. The lowest BCUT2D eigenvalue weighted by molar-refractivity contribution is -0.143. The van der Waals surface area contributed by atoms with Gasteiger partial charge in [0, 0.05) is 37.8 Å². The molecule has 0 radical (unpaired) electrons. The molecule has 0 spiro atoms. The summed E-state index contributed by atoms with van der Waals surface area (Å²) in [6.07, 6.45) is 0.960. The number of nitrogens with zero attached hydrogens (tertiary/aromatic N) is 1. The maximum absolute atomic E-state index is 12.2. The molecule has 166 valence electrons. The van der Waals surface area contributed by atoms with E-state index >= 15 is 0 Å². The molecule has 0 amide bonds. The van der Waals surface area contributed by atoms with Crippen LogP contribution in [0, 0.1) is 0 Å². The second kappa shape index (κ2) is 10.0. The summed E-state index contributed by atoms with van der Waals surface area (Å²) in [5, 5.41) is 1.87. The molecule has 6 heteroatoms. The third kappa shape index (κ3) is 5.98. The first kappa shape index (κ1) is 23.6. The predicted octanol–water partition coefficient (Wildman–Crippen LogP) is 6.74. The zero-order valence-electron chi connectivity index (χ0n) is 18.8. The molecule has 0 aliphatic rings. The zero-order valence-corrected chi connectivity index (χ0v) is 20.4. The Bertz CT molecular complexity index is 1050. The van der Waals surface area contributed by atoms with Crippen LogP contribution in [0.4, 0.5) is 0 Å². The summed E-state index contributed by atoms with van der Waals surface area (Å²) in [5.41, 5.74) is 3.43. The van der Waals surface area contributed by atoms with E-state index in [4.69, 9.17) is 21.1 Å². The van der Waals surface area contributed by atoms with E-state index in [9.17, 15) is 4.79 Å². The molecule has 0 saturated carbocycles. The number of ether oxygens (including phenoxy) is 2. The van der Waals surface area contributed by atoms with E-state index in [1.165, 1.54) is 4.90 Å². The first-order chi connectivity index (χ1) is 14.7. The van der Waals surface area contributed by atoms with Crippen molar-refractivity contribution in [3.63, 3.8) is 0 Å². The molecule has 0 fully saturated rings. The van der Waals surface area contributed by atoms with Gasteiger partial charge in [-0.2, -0.15) is 0 Å². The molecular weight excluding hydrogens is 430 g/mol. The van der Waals surface area contributed by atoms with Gasteiger partial charge < -0.3 is 14.0 Å². The molecule has 0 aliphatic heterocycles. The minimum atomic E-state index is -0.171. The molecule has 0 aliphatic carbocycles. The fraction of sp³-hybridized carbons (Fsp3) is 0.400. The van der Waals surface area contributed by atoms with Crippen LogP contribution in [0.5, 0.6) is 5.75 Å².